The van der Waals surface area contributed by atoms with E-state index >= 15 is 0 Å². The van der Waals surface area contributed by atoms with Crippen molar-refractivity contribution in [1.29, 1.82) is 0 Å². The Morgan fingerprint density at radius 3 is 2.63 bits per heavy atom. The molecule has 3 saturated carbocycles. The van der Waals surface area contributed by atoms with E-state index in [-0.39, 0.29) is 0 Å². The van der Waals surface area contributed by atoms with Gasteiger partial charge >= 0.3 is 0 Å². The average Bonchev–Trinajstić information content (AvgIpc) is 3.02. The van der Waals surface area contributed by atoms with Crippen LogP contribution in [0.15, 0.2) is 11.6 Å². The van der Waals surface area contributed by atoms with Gasteiger partial charge in [0.2, 0.25) is 0 Å². The standard InChI is InChI=1S/C27H46O3/c1-18(10-13-25(2,3)28)23-8-9-24-22-7-6-19-16-27(29,17-30-5)15-12-20(19)21(22)11-14-26(23,24)4/h6,18,20-24,28-29H,7-17H2,1-5H3/t18?,20-,21?,22?,23?,24?,26+,27-/m0/s1. The van der Waals surface area contributed by atoms with E-state index in [1.54, 1.807) is 12.7 Å². The lowest BCUT2D eigenvalue weighted by molar-refractivity contribution is -0.0709. The normalized spacial score (nSPS) is 44.6. The van der Waals surface area contributed by atoms with Crippen LogP contribution in [0, 0.1) is 40.9 Å². The first-order chi connectivity index (χ1) is 14.1. The van der Waals surface area contributed by atoms with E-state index in [0.717, 1.165) is 55.8 Å². The molecule has 0 radical (unpaired) electrons. The van der Waals surface area contributed by atoms with Gasteiger partial charge in [-0.15, -0.1) is 0 Å². The second-order valence-corrected chi connectivity index (χ2v) is 12.5. The molecule has 30 heavy (non-hydrogen) atoms. The van der Waals surface area contributed by atoms with Gasteiger partial charge in [0, 0.05) is 7.11 Å². The number of hydrogen-bond acceptors (Lipinski definition) is 3. The van der Waals surface area contributed by atoms with E-state index in [9.17, 15) is 10.2 Å². The molecule has 0 amide bonds. The Morgan fingerprint density at radius 2 is 1.93 bits per heavy atom. The third-order valence-electron chi connectivity index (χ3n) is 9.98. The van der Waals surface area contributed by atoms with E-state index in [1.807, 2.05) is 13.8 Å². The van der Waals surface area contributed by atoms with Crippen molar-refractivity contribution in [2.75, 3.05) is 13.7 Å². The van der Waals surface area contributed by atoms with E-state index in [2.05, 4.69) is 19.9 Å². The minimum absolute atomic E-state index is 0.468. The minimum Gasteiger partial charge on any atom is -0.390 e. The monoisotopic (exact) mass is 418 g/mol. The fraction of sp³-hybridized carbons (Fsp3) is 0.926. The van der Waals surface area contributed by atoms with E-state index in [4.69, 9.17) is 4.74 Å². The average molecular weight is 419 g/mol. The molecule has 0 spiro atoms. The van der Waals surface area contributed by atoms with Crippen LogP contribution >= 0.6 is 0 Å². The topological polar surface area (TPSA) is 49.7 Å². The first-order valence-corrected chi connectivity index (χ1v) is 12.7. The highest BCUT2D eigenvalue weighted by Gasteiger charge is 2.57. The summed E-state index contributed by atoms with van der Waals surface area (Å²) in [6.07, 6.45) is 14.2. The predicted octanol–water partition coefficient (Wildman–Crippen LogP) is 5.74. The molecule has 3 heteroatoms. The molecule has 2 N–H and O–H groups in total. The molecule has 4 aliphatic carbocycles. The van der Waals surface area contributed by atoms with Crippen LogP contribution in [-0.4, -0.2) is 35.1 Å². The van der Waals surface area contributed by atoms with Gasteiger partial charge in [0.25, 0.3) is 0 Å². The number of aliphatic hydroxyl groups is 2. The predicted molar refractivity (Wildman–Crippen MR) is 122 cm³/mol. The lowest BCUT2D eigenvalue weighted by atomic mass is 9.50. The zero-order valence-corrected chi connectivity index (χ0v) is 20.1. The molecule has 0 aromatic heterocycles. The number of fused-ring (bicyclic) bond motifs is 5. The Labute approximate surface area is 184 Å². The smallest absolute Gasteiger partial charge is 0.0917 e. The quantitative estimate of drug-likeness (QED) is 0.541. The highest BCUT2D eigenvalue weighted by Crippen LogP contribution is 2.65. The Bertz CT molecular complexity index is 649. The van der Waals surface area contributed by atoms with Gasteiger partial charge in [-0.05, 0) is 119 Å². The van der Waals surface area contributed by atoms with Crippen molar-refractivity contribution >= 4 is 0 Å². The highest BCUT2D eigenvalue weighted by molar-refractivity contribution is 5.22. The molecule has 0 aromatic carbocycles. The second-order valence-electron chi connectivity index (χ2n) is 12.5. The van der Waals surface area contributed by atoms with Gasteiger partial charge < -0.3 is 14.9 Å². The lowest BCUT2D eigenvalue weighted by Gasteiger charge is -2.55. The van der Waals surface area contributed by atoms with Crippen molar-refractivity contribution in [3.8, 4) is 0 Å². The minimum atomic E-state index is -0.637. The second kappa shape index (κ2) is 8.19. The van der Waals surface area contributed by atoms with Gasteiger partial charge in [-0.1, -0.05) is 25.5 Å². The largest absolute Gasteiger partial charge is 0.390 e. The number of methoxy groups -OCH3 is 1. The van der Waals surface area contributed by atoms with Gasteiger partial charge in [0.15, 0.2) is 0 Å². The summed E-state index contributed by atoms with van der Waals surface area (Å²) in [5, 5.41) is 21.1. The van der Waals surface area contributed by atoms with Crippen LogP contribution in [-0.2, 0) is 4.74 Å². The summed E-state index contributed by atoms with van der Waals surface area (Å²) in [6, 6.07) is 0. The first kappa shape index (κ1) is 22.8. The molecular formula is C27H46O3. The van der Waals surface area contributed by atoms with Crippen LogP contribution in [0.2, 0.25) is 0 Å². The van der Waals surface area contributed by atoms with Gasteiger partial charge in [-0.3, -0.25) is 0 Å². The molecule has 0 heterocycles. The molecule has 4 aliphatic rings. The fourth-order valence-corrected chi connectivity index (χ4v) is 8.51. The molecule has 3 nitrogen and oxygen atoms in total. The van der Waals surface area contributed by atoms with Crippen molar-refractivity contribution in [2.24, 2.45) is 40.9 Å². The van der Waals surface area contributed by atoms with Crippen LogP contribution < -0.4 is 0 Å². The van der Waals surface area contributed by atoms with Gasteiger partial charge in [-0.25, -0.2) is 0 Å². The summed E-state index contributed by atoms with van der Waals surface area (Å²) in [6.45, 7) is 9.44. The van der Waals surface area contributed by atoms with Crippen molar-refractivity contribution in [3.05, 3.63) is 11.6 Å². The Hall–Kier alpha value is -0.380. The van der Waals surface area contributed by atoms with Crippen LogP contribution in [0.4, 0.5) is 0 Å². The molecule has 172 valence electrons. The third-order valence-corrected chi connectivity index (χ3v) is 9.98. The summed E-state index contributed by atoms with van der Waals surface area (Å²) in [4.78, 5) is 0. The van der Waals surface area contributed by atoms with Gasteiger partial charge in [-0.2, -0.15) is 0 Å². The summed E-state index contributed by atoms with van der Waals surface area (Å²) in [5.41, 5.74) is 0.846. The maximum atomic E-state index is 10.9. The fourth-order valence-electron chi connectivity index (χ4n) is 8.51. The zero-order chi connectivity index (χ0) is 21.7. The SMILES string of the molecule is COC[C@]1(O)CC[C@H]2C(=CCC3C2CC[C@]2(C)C(C(C)CCC(C)(C)O)CCC32)C1. The molecule has 0 saturated heterocycles. The molecule has 0 aromatic rings. The molecular weight excluding hydrogens is 372 g/mol. The lowest BCUT2D eigenvalue weighted by Crippen LogP contribution is -2.49. The van der Waals surface area contributed by atoms with E-state index < -0.39 is 11.2 Å². The summed E-state index contributed by atoms with van der Waals surface area (Å²) in [7, 11) is 1.70. The zero-order valence-electron chi connectivity index (χ0n) is 20.1. The maximum Gasteiger partial charge on any atom is 0.0917 e. The molecule has 5 unspecified atom stereocenters. The van der Waals surface area contributed by atoms with Crippen molar-refractivity contribution < 1.29 is 14.9 Å². The number of allylic oxidation sites excluding steroid dienone is 1. The van der Waals surface area contributed by atoms with Gasteiger partial charge in [0.1, 0.15) is 0 Å². The first-order valence-electron chi connectivity index (χ1n) is 12.7. The van der Waals surface area contributed by atoms with Crippen LogP contribution in [0.1, 0.15) is 91.9 Å². The molecule has 0 bridgehead atoms. The van der Waals surface area contributed by atoms with Crippen molar-refractivity contribution in [2.45, 2.75) is 103 Å². The van der Waals surface area contributed by atoms with Gasteiger partial charge in [0.05, 0.1) is 17.8 Å². The van der Waals surface area contributed by atoms with E-state index in [0.29, 0.717) is 23.9 Å². The molecule has 3 fully saturated rings. The van der Waals surface area contributed by atoms with Crippen LogP contribution in [0.25, 0.3) is 0 Å². The molecule has 4 rings (SSSR count). The van der Waals surface area contributed by atoms with E-state index in [1.165, 1.54) is 32.1 Å². The molecule has 0 aliphatic heterocycles. The maximum absolute atomic E-state index is 10.9. The van der Waals surface area contributed by atoms with Crippen LogP contribution in [0.3, 0.4) is 0 Å². The Kier molecular flexibility index (Phi) is 6.23. The van der Waals surface area contributed by atoms with Crippen molar-refractivity contribution in [1.82, 2.24) is 0 Å². The summed E-state index contributed by atoms with van der Waals surface area (Å²) >= 11 is 0. The highest BCUT2D eigenvalue weighted by atomic mass is 16.5. The Morgan fingerprint density at radius 1 is 1.17 bits per heavy atom. The number of ether oxygens (including phenoxy) is 1. The van der Waals surface area contributed by atoms with Crippen LogP contribution in [0.5, 0.6) is 0 Å². The Balaban J connectivity index is 1.47. The third kappa shape index (κ3) is 4.16. The number of rotatable bonds is 6. The summed E-state index contributed by atoms with van der Waals surface area (Å²) < 4.78 is 5.32. The number of hydrogen-bond donors (Lipinski definition) is 2. The van der Waals surface area contributed by atoms with Crippen molar-refractivity contribution in [3.63, 3.8) is 0 Å². The molecule has 8 atom stereocenters. The summed E-state index contributed by atoms with van der Waals surface area (Å²) in [5.74, 6) is 4.77.